The number of aromatic nitrogens is 2. The maximum Gasteiger partial charge on any atom is 0.305 e. The molecule has 1 N–H and O–H groups in total. The summed E-state index contributed by atoms with van der Waals surface area (Å²) >= 11 is 8.80. The van der Waals surface area contributed by atoms with Crippen molar-refractivity contribution < 1.29 is 26.4 Å². The molecule has 0 atom stereocenters. The summed E-state index contributed by atoms with van der Waals surface area (Å²) in [7, 11) is -0.911. The fourth-order valence-corrected chi connectivity index (χ4v) is 7.12. The molecule has 0 radical (unpaired) electrons. The Hall–Kier alpha value is -3.25. The van der Waals surface area contributed by atoms with Crippen molar-refractivity contribution in [3.05, 3.63) is 76.2 Å². The lowest BCUT2D eigenvalue weighted by Gasteiger charge is -2.10. The Morgan fingerprint density at radius 2 is 1.55 bits per heavy atom. The highest BCUT2D eigenvalue weighted by atomic mass is 35.7. The van der Waals surface area contributed by atoms with Gasteiger partial charge in [0.25, 0.3) is 19.1 Å². The number of thiazole rings is 2. The van der Waals surface area contributed by atoms with Crippen LogP contribution in [-0.4, -0.2) is 39.9 Å². The van der Waals surface area contributed by atoms with Crippen LogP contribution in [0.25, 0.3) is 20.4 Å². The van der Waals surface area contributed by atoms with Crippen LogP contribution in [0.1, 0.15) is 24.8 Å². The number of hydrogen-bond donors (Lipinski definition) is 1. The molecule has 2 aromatic heterocycles. The number of ether oxygens (including phenoxy) is 1. The minimum atomic E-state index is -3.81. The van der Waals surface area contributed by atoms with Crippen molar-refractivity contribution in [2.24, 2.45) is 0 Å². The van der Waals surface area contributed by atoms with Gasteiger partial charge in [0.1, 0.15) is 0 Å². The van der Waals surface area contributed by atoms with Gasteiger partial charge in [-0.3, -0.25) is 9.52 Å². The van der Waals surface area contributed by atoms with Crippen LogP contribution in [0.15, 0.2) is 75.4 Å². The number of methoxy groups -OCH3 is 1. The van der Waals surface area contributed by atoms with Crippen LogP contribution in [0.5, 0.6) is 0 Å². The number of sulfonamides is 1. The van der Waals surface area contributed by atoms with Crippen LogP contribution in [0.3, 0.4) is 0 Å². The van der Waals surface area contributed by atoms with Gasteiger partial charge < -0.3 is 4.74 Å². The zero-order valence-electron chi connectivity index (χ0n) is 21.7. The van der Waals surface area contributed by atoms with E-state index in [1.165, 1.54) is 48.0 Å². The van der Waals surface area contributed by atoms with E-state index in [0.29, 0.717) is 29.1 Å². The summed E-state index contributed by atoms with van der Waals surface area (Å²) in [6.07, 6.45) is 1.30. The third-order valence-electron chi connectivity index (χ3n) is 5.56. The predicted octanol–water partition coefficient (Wildman–Crippen LogP) is 6.67. The molecule has 0 bridgehead atoms. The number of nitrogens with one attached hydrogen (secondary N) is 1. The Kier molecular flexibility index (Phi) is 10.4. The van der Waals surface area contributed by atoms with Gasteiger partial charge in [-0.2, -0.15) is 0 Å². The molecule has 0 saturated carbocycles. The Bertz CT molecular complexity index is 2030. The lowest BCUT2D eigenvalue weighted by Crippen LogP contribution is -2.13. The SMILES string of the molecule is COC(=O)CCCC#Cc1cc(Cl)ccc1NS(=O)(=O)c1ccc2ncsc2c1.O=S(=O)(Cl)c1ccc2ncsc2c1. The third kappa shape index (κ3) is 8.41. The second kappa shape index (κ2) is 13.8. The second-order valence-electron chi connectivity index (χ2n) is 8.43. The molecule has 9 nitrogen and oxygen atoms in total. The van der Waals surface area contributed by atoms with Gasteiger partial charge in [-0.15, -0.1) is 22.7 Å². The molecule has 5 rings (SSSR count). The molecule has 0 saturated heterocycles. The molecular formula is C27H21Cl2N3O6S4. The first-order valence-corrected chi connectivity index (χ1v) is 17.9. The fourth-order valence-electron chi connectivity index (χ4n) is 3.48. The summed E-state index contributed by atoms with van der Waals surface area (Å²) < 4.78 is 56.3. The zero-order chi connectivity index (χ0) is 30.3. The Morgan fingerprint density at radius 3 is 2.17 bits per heavy atom. The van der Waals surface area contributed by atoms with E-state index in [-0.39, 0.29) is 22.2 Å². The molecule has 0 unspecified atom stereocenters. The van der Waals surface area contributed by atoms with Crippen LogP contribution >= 0.6 is 45.0 Å². The van der Waals surface area contributed by atoms with Crippen molar-refractivity contribution >= 4 is 96.1 Å². The van der Waals surface area contributed by atoms with E-state index in [1.54, 1.807) is 47.4 Å². The molecule has 218 valence electrons. The maximum atomic E-state index is 12.8. The van der Waals surface area contributed by atoms with Gasteiger partial charge in [0.15, 0.2) is 0 Å². The van der Waals surface area contributed by atoms with E-state index >= 15 is 0 Å². The highest BCUT2D eigenvalue weighted by Gasteiger charge is 2.17. The van der Waals surface area contributed by atoms with Gasteiger partial charge in [0.2, 0.25) is 0 Å². The minimum absolute atomic E-state index is 0.117. The molecular weight excluding hydrogens is 661 g/mol. The molecule has 42 heavy (non-hydrogen) atoms. The Morgan fingerprint density at radius 1 is 0.929 bits per heavy atom. The van der Waals surface area contributed by atoms with Crippen molar-refractivity contribution in [1.29, 1.82) is 0 Å². The second-order valence-corrected chi connectivity index (χ2v) is 14.9. The number of fused-ring (bicyclic) bond motifs is 2. The summed E-state index contributed by atoms with van der Waals surface area (Å²) in [5, 5.41) is 0.442. The number of benzene rings is 3. The van der Waals surface area contributed by atoms with Crippen LogP contribution in [-0.2, 0) is 28.6 Å². The van der Waals surface area contributed by atoms with E-state index in [1.807, 2.05) is 0 Å². The number of halogens is 2. The van der Waals surface area contributed by atoms with Crippen LogP contribution in [0.4, 0.5) is 5.69 Å². The largest absolute Gasteiger partial charge is 0.469 e. The molecule has 0 aliphatic heterocycles. The van der Waals surface area contributed by atoms with E-state index in [2.05, 4.69) is 31.3 Å². The van der Waals surface area contributed by atoms with E-state index < -0.39 is 19.1 Å². The van der Waals surface area contributed by atoms with Gasteiger partial charge >= 0.3 is 5.97 Å². The normalized spacial score (nSPS) is 11.3. The number of hydrogen-bond acceptors (Lipinski definition) is 10. The monoisotopic (exact) mass is 681 g/mol. The highest BCUT2D eigenvalue weighted by molar-refractivity contribution is 8.13. The molecule has 0 aliphatic carbocycles. The molecule has 0 fully saturated rings. The molecule has 3 aromatic carbocycles. The molecule has 0 amide bonds. The van der Waals surface area contributed by atoms with Gasteiger partial charge in [0, 0.05) is 28.5 Å². The van der Waals surface area contributed by atoms with Crippen LogP contribution < -0.4 is 4.72 Å². The number of anilines is 1. The lowest BCUT2D eigenvalue weighted by molar-refractivity contribution is -0.140. The quantitative estimate of drug-likeness (QED) is 0.0872. The first kappa shape index (κ1) is 31.7. The van der Waals surface area contributed by atoms with Crippen molar-refractivity contribution in [2.45, 2.75) is 29.1 Å². The van der Waals surface area contributed by atoms with Crippen molar-refractivity contribution in [2.75, 3.05) is 11.8 Å². The first-order valence-electron chi connectivity index (χ1n) is 12.0. The Balaban J connectivity index is 0.000000258. The van der Waals surface area contributed by atoms with Crippen molar-refractivity contribution in [3.63, 3.8) is 0 Å². The average molecular weight is 683 g/mol. The standard InChI is InChI=1S/C20H17ClN2O4S2.C7H4ClNO2S2/c1-27-20(24)6-4-2-3-5-14-11-15(21)7-9-17(14)23-29(25,26)16-8-10-18-19(12-16)28-13-22-18;8-13(10,11)5-1-2-6-7(3-5)12-4-9-6/h7-13,23H,2,4,6H2,1H3;1-4H. The maximum absolute atomic E-state index is 12.8. The number of unbranched alkanes of at least 4 members (excludes halogenated alkanes) is 1. The fraction of sp³-hybridized carbons (Fsp3) is 0.148. The predicted molar refractivity (Wildman–Crippen MR) is 167 cm³/mol. The smallest absolute Gasteiger partial charge is 0.305 e. The summed E-state index contributed by atoms with van der Waals surface area (Å²) in [6.45, 7) is 0. The van der Waals surface area contributed by atoms with Gasteiger partial charge in [-0.25, -0.2) is 26.8 Å². The summed E-state index contributed by atoms with van der Waals surface area (Å²) in [5.41, 5.74) is 5.65. The number of rotatable bonds is 7. The van der Waals surface area contributed by atoms with Gasteiger partial charge in [0.05, 0.1) is 59.6 Å². The third-order valence-corrected chi connectivity index (χ3v) is 10.1. The molecule has 2 heterocycles. The van der Waals surface area contributed by atoms with Crippen molar-refractivity contribution in [1.82, 2.24) is 9.97 Å². The number of carbonyl (C=O) groups excluding carboxylic acids is 1. The average Bonchev–Trinajstić information content (AvgIpc) is 3.62. The first-order chi connectivity index (χ1) is 20.0. The summed E-state index contributed by atoms with van der Waals surface area (Å²) in [5.74, 6) is 5.57. The van der Waals surface area contributed by atoms with Gasteiger partial charge in [-0.1, -0.05) is 23.4 Å². The van der Waals surface area contributed by atoms with Crippen LogP contribution in [0, 0.1) is 11.8 Å². The number of carbonyl (C=O) groups is 1. The Labute approximate surface area is 260 Å². The van der Waals surface area contributed by atoms with E-state index in [0.717, 1.165) is 20.4 Å². The van der Waals surface area contributed by atoms with Crippen molar-refractivity contribution in [3.8, 4) is 11.8 Å². The lowest BCUT2D eigenvalue weighted by atomic mass is 10.1. The topological polar surface area (TPSA) is 132 Å². The molecule has 5 aromatic rings. The minimum Gasteiger partial charge on any atom is -0.469 e. The zero-order valence-corrected chi connectivity index (χ0v) is 26.5. The summed E-state index contributed by atoms with van der Waals surface area (Å²) in [4.78, 5) is 19.6. The number of esters is 1. The number of nitrogens with zero attached hydrogens (tertiary/aromatic N) is 2. The van der Waals surface area contributed by atoms with E-state index in [4.69, 9.17) is 22.3 Å². The molecule has 15 heteroatoms. The molecule has 0 aliphatic rings. The van der Waals surface area contributed by atoms with Crippen LogP contribution in [0.2, 0.25) is 5.02 Å². The summed E-state index contributed by atoms with van der Waals surface area (Å²) in [6, 6.07) is 14.1. The highest BCUT2D eigenvalue weighted by Crippen LogP contribution is 2.26. The molecule has 0 spiro atoms. The van der Waals surface area contributed by atoms with E-state index in [9.17, 15) is 21.6 Å². The van der Waals surface area contributed by atoms with Gasteiger partial charge in [-0.05, 0) is 61.0 Å².